The Balaban J connectivity index is 1.75. The lowest BCUT2D eigenvalue weighted by Gasteiger charge is -2.06. The monoisotopic (exact) mass is 274 g/mol. The molecule has 0 N–H and O–H groups in total. The molecule has 1 fully saturated rings. The molecule has 100 valence electrons. The zero-order valence-electron chi connectivity index (χ0n) is 10.9. The highest BCUT2D eigenvalue weighted by Gasteiger charge is 2.37. The molecule has 1 aliphatic carbocycles. The van der Waals surface area contributed by atoms with E-state index in [2.05, 4.69) is 11.3 Å². The van der Waals surface area contributed by atoms with Gasteiger partial charge in [0.15, 0.2) is 18.2 Å². The van der Waals surface area contributed by atoms with Crippen molar-refractivity contribution in [1.82, 2.24) is 0 Å². The van der Waals surface area contributed by atoms with Crippen LogP contribution in [0.5, 0.6) is 0 Å². The summed E-state index contributed by atoms with van der Waals surface area (Å²) < 4.78 is 1.80. The summed E-state index contributed by atoms with van der Waals surface area (Å²) in [7, 11) is 0. The molecule has 1 heterocycles. The third kappa shape index (κ3) is 3.00. The molecule has 0 saturated heterocycles. The van der Waals surface area contributed by atoms with Crippen molar-refractivity contribution in [2.45, 2.75) is 37.4 Å². The molecule has 1 aromatic rings. The summed E-state index contributed by atoms with van der Waals surface area (Å²) >= 11 is 1.72. The standard InChI is InChI=1S/C15H18N2OS/c18-15(12-7-3-1-4-8-12)16-17-11-13-9-5-2-6-10-14(13)19-17/h1,3-4,7-8,11,13-14H,2,5-6,9-10H2. The fourth-order valence-electron chi connectivity index (χ4n) is 2.73. The van der Waals surface area contributed by atoms with Gasteiger partial charge in [0.2, 0.25) is 0 Å². The quantitative estimate of drug-likeness (QED) is 0.359. The molecule has 1 aliphatic heterocycles. The molecular formula is C15H18N2OS. The lowest BCUT2D eigenvalue weighted by Crippen LogP contribution is -2.20. The van der Waals surface area contributed by atoms with Crippen LogP contribution in [0.4, 0.5) is 0 Å². The summed E-state index contributed by atoms with van der Waals surface area (Å²) in [6.45, 7) is 0. The maximum atomic E-state index is 12.0. The molecule has 1 saturated carbocycles. The largest absolute Gasteiger partial charge is 0.854 e. The van der Waals surface area contributed by atoms with Crippen LogP contribution in [0.15, 0.2) is 35.4 Å². The highest BCUT2D eigenvalue weighted by atomic mass is 32.2. The van der Waals surface area contributed by atoms with Gasteiger partial charge < -0.3 is 5.11 Å². The van der Waals surface area contributed by atoms with E-state index in [0.29, 0.717) is 16.7 Å². The van der Waals surface area contributed by atoms with E-state index in [-0.39, 0.29) is 5.90 Å². The summed E-state index contributed by atoms with van der Waals surface area (Å²) in [5.41, 5.74) is 0.656. The van der Waals surface area contributed by atoms with Crippen molar-refractivity contribution in [1.29, 1.82) is 0 Å². The van der Waals surface area contributed by atoms with E-state index in [1.54, 1.807) is 16.0 Å². The number of hydrogen-bond acceptors (Lipinski definition) is 3. The normalized spacial score (nSPS) is 27.6. The molecule has 3 nitrogen and oxygen atoms in total. The smallest absolute Gasteiger partial charge is 0.197 e. The molecule has 3 rings (SSSR count). The van der Waals surface area contributed by atoms with Crippen molar-refractivity contribution < 1.29 is 9.20 Å². The van der Waals surface area contributed by atoms with Crippen LogP contribution in [-0.4, -0.2) is 21.5 Å². The predicted molar refractivity (Wildman–Crippen MR) is 77.3 cm³/mol. The van der Waals surface area contributed by atoms with Crippen molar-refractivity contribution in [3.05, 3.63) is 35.9 Å². The van der Waals surface area contributed by atoms with Crippen LogP contribution < -0.4 is 5.11 Å². The van der Waals surface area contributed by atoms with Crippen LogP contribution in [0.1, 0.15) is 37.7 Å². The Labute approximate surface area is 118 Å². The minimum atomic E-state index is -0.152. The second-order valence-corrected chi connectivity index (χ2v) is 6.36. The fraction of sp³-hybridized carbons (Fsp3) is 0.467. The summed E-state index contributed by atoms with van der Waals surface area (Å²) in [6, 6.07) is 9.27. The molecule has 2 unspecified atom stereocenters. The Hall–Kier alpha value is -1.29. The summed E-state index contributed by atoms with van der Waals surface area (Å²) in [4.78, 5) is 0. The van der Waals surface area contributed by atoms with E-state index in [0.717, 1.165) is 0 Å². The number of hydrazone groups is 1. The van der Waals surface area contributed by atoms with Crippen LogP contribution in [0.2, 0.25) is 0 Å². The first kappa shape index (κ1) is 12.7. The highest BCUT2D eigenvalue weighted by molar-refractivity contribution is 7.94. The number of rotatable bonds is 2. The van der Waals surface area contributed by atoms with E-state index in [1.165, 1.54) is 32.1 Å². The number of nitrogens with zero attached hydrogens (tertiary/aromatic N) is 2. The Kier molecular flexibility index (Phi) is 3.87. The molecule has 4 heteroatoms. The van der Waals surface area contributed by atoms with Crippen molar-refractivity contribution >= 4 is 24.1 Å². The third-order valence-electron chi connectivity index (χ3n) is 3.78. The van der Waals surface area contributed by atoms with Gasteiger partial charge in [-0.25, -0.2) is 0 Å². The van der Waals surface area contributed by atoms with Gasteiger partial charge in [-0.2, -0.15) is 0 Å². The van der Waals surface area contributed by atoms with Gasteiger partial charge in [0.1, 0.15) is 0 Å². The van der Waals surface area contributed by atoms with Gasteiger partial charge in [0.25, 0.3) is 0 Å². The average Bonchev–Trinajstić information content (AvgIpc) is 2.69. The second-order valence-electron chi connectivity index (χ2n) is 5.17. The topological polar surface area (TPSA) is 38.4 Å². The summed E-state index contributed by atoms with van der Waals surface area (Å²) in [5, 5.41) is 16.9. The molecule has 2 atom stereocenters. The molecule has 19 heavy (non-hydrogen) atoms. The molecule has 0 amide bonds. The molecule has 1 aromatic carbocycles. The maximum Gasteiger partial charge on any atom is 0.197 e. The van der Waals surface area contributed by atoms with E-state index in [4.69, 9.17) is 0 Å². The molecule has 0 aromatic heterocycles. The predicted octanol–water partition coefficient (Wildman–Crippen LogP) is 2.40. The van der Waals surface area contributed by atoms with Gasteiger partial charge in [-0.1, -0.05) is 49.6 Å². The van der Waals surface area contributed by atoms with Gasteiger partial charge in [0.05, 0.1) is 17.1 Å². The van der Waals surface area contributed by atoms with E-state index >= 15 is 0 Å². The van der Waals surface area contributed by atoms with Gasteiger partial charge in [-0.15, -0.1) is 0 Å². The van der Waals surface area contributed by atoms with Gasteiger partial charge >= 0.3 is 0 Å². The Morgan fingerprint density at radius 3 is 2.79 bits per heavy atom. The summed E-state index contributed by atoms with van der Waals surface area (Å²) in [6.07, 6.45) is 8.59. The zero-order valence-corrected chi connectivity index (χ0v) is 11.7. The SMILES string of the molecule is [O-]/C(=N\[N+]1=CC2CCCCCC2S1)c1ccccc1. The number of hydrogen-bond donors (Lipinski definition) is 0. The highest BCUT2D eigenvalue weighted by Crippen LogP contribution is 2.36. The lowest BCUT2D eigenvalue weighted by atomic mass is 10.0. The lowest BCUT2D eigenvalue weighted by molar-refractivity contribution is -0.358. The van der Waals surface area contributed by atoms with E-state index < -0.39 is 0 Å². The van der Waals surface area contributed by atoms with Crippen LogP contribution >= 0.6 is 11.9 Å². The van der Waals surface area contributed by atoms with Gasteiger partial charge in [-0.05, 0) is 27.6 Å². The zero-order chi connectivity index (χ0) is 13.1. The number of benzene rings is 1. The minimum Gasteiger partial charge on any atom is -0.854 e. The van der Waals surface area contributed by atoms with Crippen molar-refractivity contribution in [2.75, 3.05) is 0 Å². The van der Waals surface area contributed by atoms with Crippen molar-refractivity contribution in [3.8, 4) is 0 Å². The first-order chi connectivity index (χ1) is 9.33. The first-order valence-corrected chi connectivity index (χ1v) is 7.78. The van der Waals surface area contributed by atoms with Crippen LogP contribution in [-0.2, 0) is 0 Å². The maximum absolute atomic E-state index is 12.0. The van der Waals surface area contributed by atoms with Crippen LogP contribution in [0.25, 0.3) is 0 Å². The molecular weight excluding hydrogens is 256 g/mol. The van der Waals surface area contributed by atoms with E-state index in [9.17, 15) is 5.11 Å². The Bertz CT molecular complexity index is 498. The Morgan fingerprint density at radius 1 is 1.16 bits per heavy atom. The van der Waals surface area contributed by atoms with E-state index in [1.807, 2.05) is 30.3 Å². The molecule has 0 bridgehead atoms. The summed E-state index contributed by atoms with van der Waals surface area (Å²) in [5.74, 6) is 0.445. The molecule has 2 aliphatic rings. The number of fused-ring (bicyclic) bond motifs is 1. The molecule has 0 spiro atoms. The van der Waals surface area contributed by atoms with Crippen molar-refractivity contribution in [2.24, 2.45) is 11.0 Å². The van der Waals surface area contributed by atoms with Crippen molar-refractivity contribution in [3.63, 3.8) is 0 Å². The van der Waals surface area contributed by atoms with Gasteiger partial charge in [-0.3, -0.25) is 0 Å². The minimum absolute atomic E-state index is 0.152. The van der Waals surface area contributed by atoms with Crippen LogP contribution in [0, 0.1) is 5.92 Å². The second kappa shape index (κ2) is 5.78. The fourth-order valence-corrected chi connectivity index (χ4v) is 3.99. The Morgan fingerprint density at radius 2 is 1.95 bits per heavy atom. The molecule has 0 radical (unpaired) electrons. The third-order valence-corrected chi connectivity index (χ3v) is 5.05. The van der Waals surface area contributed by atoms with Crippen LogP contribution in [0.3, 0.4) is 0 Å². The van der Waals surface area contributed by atoms with Gasteiger partial charge in [0, 0.05) is 0 Å². The first-order valence-electron chi connectivity index (χ1n) is 6.95. The average molecular weight is 274 g/mol.